The number of nitro benzene ring substituents is 2. The standard InChI is InChI=1S/C22H18N4O6/c27-15-23(13-17-5-1-3-7-21(17)25(29)30)19-9-11-20(12-10-19)24(16-28)14-18-6-2-4-8-22(18)26(31)32/h1-12,15-16H,13-14H2. The zero-order valence-corrected chi connectivity index (χ0v) is 16.7. The fourth-order valence-corrected chi connectivity index (χ4v) is 3.23. The topological polar surface area (TPSA) is 127 Å². The van der Waals surface area contributed by atoms with Gasteiger partial charge in [-0.15, -0.1) is 0 Å². The maximum atomic E-state index is 11.6. The smallest absolute Gasteiger partial charge is 0.274 e. The number of benzene rings is 3. The molecule has 0 saturated carbocycles. The van der Waals surface area contributed by atoms with E-state index >= 15 is 0 Å². The highest BCUT2D eigenvalue weighted by Gasteiger charge is 2.18. The Kier molecular flexibility index (Phi) is 6.86. The van der Waals surface area contributed by atoms with Gasteiger partial charge < -0.3 is 9.80 Å². The molecule has 0 unspecified atom stereocenters. The molecule has 0 radical (unpaired) electrons. The number of nitro groups is 2. The van der Waals surface area contributed by atoms with Gasteiger partial charge in [0.1, 0.15) is 0 Å². The third kappa shape index (κ3) is 4.93. The van der Waals surface area contributed by atoms with Gasteiger partial charge in [0.05, 0.1) is 22.9 Å². The summed E-state index contributed by atoms with van der Waals surface area (Å²) in [5.74, 6) is 0. The summed E-state index contributed by atoms with van der Waals surface area (Å²) < 4.78 is 0. The summed E-state index contributed by atoms with van der Waals surface area (Å²) in [4.78, 5) is 47.3. The zero-order valence-electron chi connectivity index (χ0n) is 16.7. The molecule has 2 amide bonds. The lowest BCUT2D eigenvalue weighted by molar-refractivity contribution is -0.385. The minimum atomic E-state index is -0.508. The van der Waals surface area contributed by atoms with Crippen LogP contribution in [0.3, 0.4) is 0 Å². The Morgan fingerprint density at radius 1 is 0.625 bits per heavy atom. The van der Waals surface area contributed by atoms with Gasteiger partial charge in [-0.05, 0) is 24.3 Å². The predicted molar refractivity (Wildman–Crippen MR) is 117 cm³/mol. The van der Waals surface area contributed by atoms with Gasteiger partial charge in [-0.25, -0.2) is 0 Å². The van der Waals surface area contributed by atoms with Gasteiger partial charge in [-0.1, -0.05) is 36.4 Å². The van der Waals surface area contributed by atoms with Crippen LogP contribution in [0.4, 0.5) is 22.7 Å². The second-order valence-corrected chi connectivity index (χ2v) is 6.75. The van der Waals surface area contributed by atoms with E-state index in [1.165, 1.54) is 21.9 Å². The number of rotatable bonds is 10. The molecular weight excluding hydrogens is 416 g/mol. The van der Waals surface area contributed by atoms with Crippen molar-refractivity contribution in [2.75, 3.05) is 9.80 Å². The average molecular weight is 434 g/mol. The van der Waals surface area contributed by atoms with Crippen LogP contribution in [0.1, 0.15) is 11.1 Å². The predicted octanol–water partition coefficient (Wildman–Crippen LogP) is 3.83. The van der Waals surface area contributed by atoms with Gasteiger partial charge in [0.25, 0.3) is 11.4 Å². The van der Waals surface area contributed by atoms with E-state index in [9.17, 15) is 29.8 Å². The zero-order chi connectivity index (χ0) is 23.1. The third-order valence-corrected chi connectivity index (χ3v) is 4.83. The van der Waals surface area contributed by atoms with Gasteiger partial charge in [-0.2, -0.15) is 0 Å². The summed E-state index contributed by atoms with van der Waals surface area (Å²) in [7, 11) is 0. The maximum absolute atomic E-state index is 11.6. The normalized spacial score (nSPS) is 10.2. The van der Waals surface area contributed by atoms with Crippen LogP contribution in [0.15, 0.2) is 72.8 Å². The van der Waals surface area contributed by atoms with Gasteiger partial charge in [0.15, 0.2) is 0 Å². The van der Waals surface area contributed by atoms with Crippen molar-refractivity contribution >= 4 is 35.6 Å². The van der Waals surface area contributed by atoms with E-state index in [1.807, 2.05) is 0 Å². The molecule has 0 fully saturated rings. The van der Waals surface area contributed by atoms with E-state index in [2.05, 4.69) is 0 Å². The fraction of sp³-hybridized carbons (Fsp3) is 0.0909. The van der Waals surface area contributed by atoms with E-state index in [0.29, 0.717) is 35.3 Å². The van der Waals surface area contributed by atoms with E-state index in [0.717, 1.165) is 0 Å². The van der Waals surface area contributed by atoms with Crippen molar-refractivity contribution < 1.29 is 19.4 Å². The third-order valence-electron chi connectivity index (χ3n) is 4.83. The molecule has 3 rings (SSSR count). The Morgan fingerprint density at radius 2 is 0.969 bits per heavy atom. The van der Waals surface area contributed by atoms with Crippen LogP contribution in [0.25, 0.3) is 0 Å². The van der Waals surface area contributed by atoms with Crippen LogP contribution in [0, 0.1) is 20.2 Å². The first-order valence-electron chi connectivity index (χ1n) is 9.43. The summed E-state index contributed by atoms with van der Waals surface area (Å²) in [6.45, 7) is -0.0127. The molecule has 0 heterocycles. The maximum Gasteiger partial charge on any atom is 0.274 e. The summed E-state index contributed by atoms with van der Waals surface area (Å²) in [6, 6.07) is 18.6. The van der Waals surface area contributed by atoms with Crippen molar-refractivity contribution in [1.82, 2.24) is 0 Å². The molecule has 10 heteroatoms. The highest BCUT2D eigenvalue weighted by atomic mass is 16.6. The number of para-hydroxylation sites is 2. The van der Waals surface area contributed by atoms with Crippen LogP contribution >= 0.6 is 0 Å². The SMILES string of the molecule is O=CN(Cc1ccccc1[N+](=O)[O-])c1ccc(N(C=O)Cc2ccccc2[N+](=O)[O-])cc1. The van der Waals surface area contributed by atoms with Crippen molar-refractivity contribution in [3.8, 4) is 0 Å². The summed E-state index contributed by atoms with van der Waals surface area (Å²) in [5.41, 5.74) is 1.51. The largest absolute Gasteiger partial charge is 0.310 e. The van der Waals surface area contributed by atoms with Crippen LogP contribution < -0.4 is 9.80 Å². The minimum absolute atomic E-state index is 0.00634. The van der Waals surface area contributed by atoms with Gasteiger partial charge in [0.2, 0.25) is 12.8 Å². The van der Waals surface area contributed by atoms with E-state index in [-0.39, 0.29) is 24.5 Å². The first kappa shape index (κ1) is 22.1. The molecular formula is C22H18N4O6. The van der Waals surface area contributed by atoms with Crippen LogP contribution in [0.2, 0.25) is 0 Å². The molecule has 3 aromatic rings. The number of amides is 2. The lowest BCUT2D eigenvalue weighted by Gasteiger charge is -2.21. The van der Waals surface area contributed by atoms with E-state index in [4.69, 9.17) is 0 Å². The van der Waals surface area contributed by atoms with Crippen LogP contribution in [-0.2, 0) is 22.7 Å². The lowest BCUT2D eigenvalue weighted by atomic mass is 10.1. The Bertz CT molecular complexity index is 1060. The molecule has 162 valence electrons. The second kappa shape index (κ2) is 9.94. The number of nitrogens with zero attached hydrogens (tertiary/aromatic N) is 4. The Labute approximate surface area is 182 Å². The molecule has 0 bridgehead atoms. The molecule has 10 nitrogen and oxygen atoms in total. The molecule has 0 saturated heterocycles. The van der Waals surface area contributed by atoms with Gasteiger partial charge in [0, 0.05) is 34.6 Å². The number of carbonyl (C=O) groups is 2. The number of hydrogen-bond donors (Lipinski definition) is 0. The minimum Gasteiger partial charge on any atom is -0.310 e. The fourth-order valence-electron chi connectivity index (χ4n) is 3.23. The van der Waals surface area contributed by atoms with Crippen molar-refractivity contribution in [3.05, 3.63) is 104 Å². The Morgan fingerprint density at radius 3 is 1.28 bits per heavy atom. The second-order valence-electron chi connectivity index (χ2n) is 6.75. The van der Waals surface area contributed by atoms with Gasteiger partial charge in [-0.3, -0.25) is 29.8 Å². The monoisotopic (exact) mass is 434 g/mol. The van der Waals surface area contributed by atoms with Gasteiger partial charge >= 0.3 is 0 Å². The molecule has 0 aliphatic carbocycles. The van der Waals surface area contributed by atoms with Crippen molar-refractivity contribution in [1.29, 1.82) is 0 Å². The quantitative estimate of drug-likeness (QED) is 0.271. The van der Waals surface area contributed by atoms with Crippen molar-refractivity contribution in [2.45, 2.75) is 13.1 Å². The molecule has 0 atom stereocenters. The molecule has 0 N–H and O–H groups in total. The molecule has 0 aliphatic rings. The summed E-state index contributed by atoms with van der Waals surface area (Å²) in [6.07, 6.45) is 1.13. The Balaban J connectivity index is 1.81. The number of carbonyl (C=O) groups excluding carboxylic acids is 2. The number of anilines is 2. The molecule has 0 aliphatic heterocycles. The molecule has 32 heavy (non-hydrogen) atoms. The highest BCUT2D eigenvalue weighted by molar-refractivity contribution is 5.79. The first-order valence-corrected chi connectivity index (χ1v) is 9.43. The van der Waals surface area contributed by atoms with E-state index < -0.39 is 9.85 Å². The van der Waals surface area contributed by atoms with E-state index in [1.54, 1.807) is 60.7 Å². The Hall–Kier alpha value is -4.60. The summed E-state index contributed by atoms with van der Waals surface area (Å²) in [5, 5.41) is 22.4. The first-order chi connectivity index (χ1) is 15.4. The average Bonchev–Trinajstić information content (AvgIpc) is 2.81. The van der Waals surface area contributed by atoms with Crippen molar-refractivity contribution in [2.24, 2.45) is 0 Å². The van der Waals surface area contributed by atoms with Crippen LogP contribution in [-0.4, -0.2) is 22.7 Å². The van der Waals surface area contributed by atoms with Crippen molar-refractivity contribution in [3.63, 3.8) is 0 Å². The molecule has 0 spiro atoms. The van der Waals surface area contributed by atoms with Crippen LogP contribution in [0.5, 0.6) is 0 Å². The molecule has 0 aromatic heterocycles. The molecule has 3 aromatic carbocycles. The lowest BCUT2D eigenvalue weighted by Crippen LogP contribution is -2.22. The number of hydrogen-bond acceptors (Lipinski definition) is 6. The summed E-state index contributed by atoms with van der Waals surface area (Å²) >= 11 is 0. The highest BCUT2D eigenvalue weighted by Crippen LogP contribution is 2.26.